The van der Waals surface area contributed by atoms with E-state index in [4.69, 9.17) is 0 Å². The number of phenols is 1. The molecule has 1 aliphatic heterocycles. The van der Waals surface area contributed by atoms with Crippen molar-refractivity contribution in [2.45, 2.75) is 45.8 Å². The summed E-state index contributed by atoms with van der Waals surface area (Å²) < 4.78 is 0. The largest absolute Gasteiger partial charge is 0.508 e. The number of fused-ring (bicyclic) bond motifs is 1. The molecule has 0 fully saturated rings. The summed E-state index contributed by atoms with van der Waals surface area (Å²) in [5.41, 5.74) is 5.25. The van der Waals surface area contributed by atoms with Crippen LogP contribution >= 0.6 is 0 Å². The molecule has 2 aromatic carbocycles. The van der Waals surface area contributed by atoms with Crippen molar-refractivity contribution in [1.82, 2.24) is 4.90 Å². The molecule has 1 atom stereocenters. The lowest BCUT2D eigenvalue weighted by atomic mass is 9.95. The van der Waals surface area contributed by atoms with E-state index in [1.54, 1.807) is 0 Å². The Bertz CT molecular complexity index is 610. The summed E-state index contributed by atoms with van der Waals surface area (Å²) in [4.78, 5) is 2.46. The van der Waals surface area contributed by atoms with E-state index in [9.17, 15) is 5.11 Å². The molecule has 0 radical (unpaired) electrons. The Balaban J connectivity index is 1.75. The van der Waals surface area contributed by atoms with Gasteiger partial charge in [-0.25, -0.2) is 0 Å². The molecule has 0 aliphatic carbocycles. The molecule has 1 heterocycles. The quantitative estimate of drug-likeness (QED) is 0.896. The Hall–Kier alpha value is -1.80. The van der Waals surface area contributed by atoms with Gasteiger partial charge in [0, 0.05) is 19.6 Å². The van der Waals surface area contributed by atoms with Crippen molar-refractivity contribution in [3.05, 3.63) is 64.7 Å². The maximum absolute atomic E-state index is 10.0. The number of rotatable bonds is 4. The van der Waals surface area contributed by atoms with Crippen molar-refractivity contribution in [2.24, 2.45) is 0 Å². The first-order valence-electron chi connectivity index (χ1n) is 7.78. The minimum Gasteiger partial charge on any atom is -0.508 e. The summed E-state index contributed by atoms with van der Waals surface area (Å²) in [5, 5.41) is 10.0. The Morgan fingerprint density at radius 2 is 1.76 bits per heavy atom. The highest BCUT2D eigenvalue weighted by Gasteiger charge is 2.19. The molecule has 0 spiro atoms. The van der Waals surface area contributed by atoms with Gasteiger partial charge in [-0.3, -0.25) is 4.90 Å². The van der Waals surface area contributed by atoms with Gasteiger partial charge in [-0.15, -0.1) is 0 Å². The summed E-state index contributed by atoms with van der Waals surface area (Å²) in [6.07, 6.45) is 1.05. The van der Waals surface area contributed by atoms with E-state index in [1.165, 1.54) is 16.7 Å². The number of hydrogen-bond acceptors (Lipinski definition) is 2. The van der Waals surface area contributed by atoms with Crippen LogP contribution in [0.1, 0.15) is 48.4 Å². The molecular formula is C19H23NO. The van der Waals surface area contributed by atoms with E-state index in [0.29, 0.717) is 11.7 Å². The van der Waals surface area contributed by atoms with Crippen LogP contribution in [0.4, 0.5) is 0 Å². The first kappa shape index (κ1) is 14.2. The molecule has 0 saturated carbocycles. The topological polar surface area (TPSA) is 23.5 Å². The highest BCUT2D eigenvalue weighted by molar-refractivity contribution is 5.39. The van der Waals surface area contributed by atoms with Gasteiger partial charge < -0.3 is 5.11 Å². The van der Waals surface area contributed by atoms with E-state index >= 15 is 0 Å². The molecule has 3 rings (SSSR count). The molecule has 0 aromatic heterocycles. The predicted octanol–water partition coefficient (Wildman–Crippen LogP) is 4.42. The van der Waals surface area contributed by atoms with E-state index in [2.05, 4.69) is 49.1 Å². The summed E-state index contributed by atoms with van der Waals surface area (Å²) in [5.74, 6) is 0.832. The normalized spacial score (nSPS) is 15.9. The van der Waals surface area contributed by atoms with Crippen molar-refractivity contribution in [1.29, 1.82) is 0 Å². The molecule has 0 amide bonds. The Morgan fingerprint density at radius 3 is 2.38 bits per heavy atom. The first-order valence-corrected chi connectivity index (χ1v) is 7.78. The lowest BCUT2D eigenvalue weighted by Crippen LogP contribution is -2.15. The second-order valence-corrected chi connectivity index (χ2v) is 6.12. The predicted molar refractivity (Wildman–Crippen MR) is 86.2 cm³/mol. The Labute approximate surface area is 127 Å². The van der Waals surface area contributed by atoms with Crippen molar-refractivity contribution in [3.63, 3.8) is 0 Å². The number of phenolic OH excluding ortho intramolecular Hbond substituents is 1. The highest BCUT2D eigenvalue weighted by Crippen LogP contribution is 2.30. The zero-order valence-electron chi connectivity index (χ0n) is 12.8. The molecule has 0 bridgehead atoms. The van der Waals surface area contributed by atoms with E-state index in [-0.39, 0.29) is 0 Å². The lowest BCUT2D eigenvalue weighted by Gasteiger charge is -2.17. The van der Waals surface area contributed by atoms with Crippen LogP contribution in [0, 0.1) is 0 Å². The van der Waals surface area contributed by atoms with Gasteiger partial charge in [0.15, 0.2) is 0 Å². The number of nitrogens with zero attached hydrogens (tertiary/aromatic N) is 1. The third-order valence-electron chi connectivity index (χ3n) is 4.55. The fourth-order valence-electron chi connectivity index (χ4n) is 3.09. The SMILES string of the molecule is CCC(C)c1cc(CN2Cc3ccccc3C2)ccc1O. The van der Waals surface area contributed by atoms with Crippen LogP contribution in [-0.4, -0.2) is 10.0 Å². The lowest BCUT2D eigenvalue weighted by molar-refractivity contribution is 0.275. The minimum atomic E-state index is 0.403. The summed E-state index contributed by atoms with van der Waals surface area (Å²) >= 11 is 0. The molecule has 2 aromatic rings. The summed E-state index contributed by atoms with van der Waals surface area (Å²) in [6, 6.07) is 14.7. The molecule has 2 heteroatoms. The smallest absolute Gasteiger partial charge is 0.119 e. The summed E-state index contributed by atoms with van der Waals surface area (Å²) in [7, 11) is 0. The van der Waals surface area contributed by atoms with Crippen molar-refractivity contribution < 1.29 is 5.11 Å². The maximum atomic E-state index is 10.0. The van der Waals surface area contributed by atoms with Crippen LogP contribution < -0.4 is 0 Å². The van der Waals surface area contributed by atoms with Gasteiger partial charge in [0.2, 0.25) is 0 Å². The van der Waals surface area contributed by atoms with Crippen LogP contribution in [0.25, 0.3) is 0 Å². The van der Waals surface area contributed by atoms with Gasteiger partial charge in [-0.05, 0) is 40.7 Å². The second kappa shape index (κ2) is 5.90. The average Bonchev–Trinajstić information content (AvgIpc) is 2.90. The number of benzene rings is 2. The molecule has 21 heavy (non-hydrogen) atoms. The molecule has 1 N–H and O–H groups in total. The third-order valence-corrected chi connectivity index (χ3v) is 4.55. The van der Waals surface area contributed by atoms with Gasteiger partial charge >= 0.3 is 0 Å². The molecule has 1 aliphatic rings. The fourth-order valence-corrected chi connectivity index (χ4v) is 3.09. The van der Waals surface area contributed by atoms with Crippen LogP contribution in [0.2, 0.25) is 0 Å². The zero-order chi connectivity index (χ0) is 14.8. The van der Waals surface area contributed by atoms with Gasteiger partial charge in [0.1, 0.15) is 5.75 Å². The molecular weight excluding hydrogens is 258 g/mol. The first-order chi connectivity index (χ1) is 10.2. The fraction of sp³-hybridized carbons (Fsp3) is 0.368. The number of aromatic hydroxyl groups is 1. The van der Waals surface area contributed by atoms with Gasteiger partial charge in [-0.2, -0.15) is 0 Å². The second-order valence-electron chi connectivity index (χ2n) is 6.12. The number of hydrogen-bond donors (Lipinski definition) is 1. The highest BCUT2D eigenvalue weighted by atomic mass is 16.3. The molecule has 2 nitrogen and oxygen atoms in total. The molecule has 0 saturated heterocycles. The molecule has 110 valence electrons. The average molecular weight is 281 g/mol. The Kier molecular flexibility index (Phi) is 3.98. The third kappa shape index (κ3) is 2.96. The van der Waals surface area contributed by atoms with Gasteiger partial charge in [-0.1, -0.05) is 50.2 Å². The van der Waals surface area contributed by atoms with E-state index in [1.807, 2.05) is 12.1 Å². The molecule has 1 unspecified atom stereocenters. The van der Waals surface area contributed by atoms with Crippen molar-refractivity contribution in [3.8, 4) is 5.75 Å². The van der Waals surface area contributed by atoms with E-state index < -0.39 is 0 Å². The Morgan fingerprint density at radius 1 is 1.10 bits per heavy atom. The van der Waals surface area contributed by atoms with Crippen LogP contribution in [0.5, 0.6) is 5.75 Å². The standard InChI is InChI=1S/C19H23NO/c1-3-14(2)18-10-15(8-9-19(18)21)11-20-12-16-6-4-5-7-17(16)13-20/h4-10,14,21H,3,11-13H2,1-2H3. The van der Waals surface area contributed by atoms with Crippen molar-refractivity contribution in [2.75, 3.05) is 0 Å². The van der Waals surface area contributed by atoms with Crippen LogP contribution in [-0.2, 0) is 19.6 Å². The summed E-state index contributed by atoms with van der Waals surface area (Å²) in [6.45, 7) is 7.32. The van der Waals surface area contributed by atoms with Crippen molar-refractivity contribution >= 4 is 0 Å². The minimum absolute atomic E-state index is 0.403. The zero-order valence-corrected chi connectivity index (χ0v) is 12.8. The van der Waals surface area contributed by atoms with Gasteiger partial charge in [0.25, 0.3) is 0 Å². The van der Waals surface area contributed by atoms with Crippen LogP contribution in [0.15, 0.2) is 42.5 Å². The van der Waals surface area contributed by atoms with Gasteiger partial charge in [0.05, 0.1) is 0 Å². The van der Waals surface area contributed by atoms with Crippen LogP contribution in [0.3, 0.4) is 0 Å². The van der Waals surface area contributed by atoms with E-state index in [0.717, 1.165) is 31.6 Å². The maximum Gasteiger partial charge on any atom is 0.119 e. The monoisotopic (exact) mass is 281 g/mol.